The van der Waals surface area contributed by atoms with E-state index in [0.717, 1.165) is 18.5 Å². The minimum Gasteiger partial charge on any atom is -0.353 e. The average Bonchev–Trinajstić information content (AvgIpc) is 2.89. The molecule has 0 bridgehead atoms. The molecule has 0 aromatic carbocycles. The van der Waals surface area contributed by atoms with Crippen LogP contribution in [0.1, 0.15) is 58.4 Å². The molecule has 0 spiro atoms. The van der Waals surface area contributed by atoms with E-state index in [9.17, 15) is 0 Å². The molecule has 0 amide bonds. The molecular weight excluding hydrogens is 258 g/mol. The fraction of sp³-hybridized carbons (Fsp3) is 0.722. The highest BCUT2D eigenvalue weighted by atomic mass is 15.2. The van der Waals surface area contributed by atoms with Gasteiger partial charge in [0.25, 0.3) is 0 Å². The molecule has 0 radical (unpaired) electrons. The van der Waals surface area contributed by atoms with Crippen molar-refractivity contribution in [3.63, 3.8) is 0 Å². The third kappa shape index (κ3) is 3.57. The number of rotatable bonds is 3. The number of pyridine rings is 1. The van der Waals surface area contributed by atoms with Crippen LogP contribution in [-0.2, 0) is 6.54 Å². The van der Waals surface area contributed by atoms with Gasteiger partial charge in [0.1, 0.15) is 5.82 Å². The lowest BCUT2D eigenvalue weighted by Gasteiger charge is -2.32. The largest absolute Gasteiger partial charge is 0.353 e. The third-order valence-corrected chi connectivity index (χ3v) is 4.94. The molecule has 1 aliphatic carbocycles. The number of nitrogens with one attached hydrogen (secondary N) is 1. The highest BCUT2D eigenvalue weighted by Gasteiger charge is 2.36. The van der Waals surface area contributed by atoms with Gasteiger partial charge in [-0.15, -0.1) is 0 Å². The average molecular weight is 287 g/mol. The van der Waals surface area contributed by atoms with Gasteiger partial charge in [-0.05, 0) is 57.6 Å². The molecule has 3 heteroatoms. The van der Waals surface area contributed by atoms with E-state index in [0.29, 0.717) is 0 Å². The van der Waals surface area contributed by atoms with Crippen molar-refractivity contribution in [1.82, 2.24) is 10.3 Å². The van der Waals surface area contributed by atoms with Crippen molar-refractivity contribution in [2.75, 3.05) is 11.4 Å². The Morgan fingerprint density at radius 3 is 2.71 bits per heavy atom. The summed E-state index contributed by atoms with van der Waals surface area (Å²) in [5.74, 6) is 2.10. The van der Waals surface area contributed by atoms with Crippen molar-refractivity contribution >= 4 is 5.82 Å². The Labute approximate surface area is 129 Å². The molecule has 1 aliphatic heterocycles. The zero-order valence-electron chi connectivity index (χ0n) is 13.7. The maximum absolute atomic E-state index is 4.74. The molecule has 1 saturated heterocycles. The minimum absolute atomic E-state index is 0.156. The van der Waals surface area contributed by atoms with Crippen LogP contribution in [0.5, 0.6) is 0 Å². The van der Waals surface area contributed by atoms with Crippen LogP contribution in [0, 0.1) is 5.92 Å². The van der Waals surface area contributed by atoms with E-state index in [1.165, 1.54) is 50.0 Å². The Morgan fingerprint density at radius 2 is 2.00 bits per heavy atom. The van der Waals surface area contributed by atoms with E-state index < -0.39 is 0 Å². The number of nitrogens with zero attached hydrogens (tertiary/aromatic N) is 2. The lowest BCUT2D eigenvalue weighted by molar-refractivity contribution is 0.341. The fourth-order valence-corrected chi connectivity index (χ4v) is 3.75. The van der Waals surface area contributed by atoms with Gasteiger partial charge in [-0.25, -0.2) is 4.98 Å². The maximum atomic E-state index is 4.74. The number of hydrogen-bond acceptors (Lipinski definition) is 3. The van der Waals surface area contributed by atoms with Crippen molar-refractivity contribution in [2.24, 2.45) is 5.92 Å². The first-order valence-electron chi connectivity index (χ1n) is 8.49. The van der Waals surface area contributed by atoms with E-state index >= 15 is 0 Å². The summed E-state index contributed by atoms with van der Waals surface area (Å²) >= 11 is 0. The first-order valence-corrected chi connectivity index (χ1v) is 8.49. The van der Waals surface area contributed by atoms with Crippen molar-refractivity contribution in [2.45, 2.75) is 71.0 Å². The number of aromatic nitrogens is 1. The zero-order valence-corrected chi connectivity index (χ0v) is 13.7. The van der Waals surface area contributed by atoms with E-state index in [4.69, 9.17) is 4.98 Å². The number of anilines is 1. The summed E-state index contributed by atoms with van der Waals surface area (Å²) in [6.45, 7) is 8.68. The molecule has 2 atom stereocenters. The molecule has 3 nitrogen and oxygen atoms in total. The Kier molecular flexibility index (Phi) is 4.21. The lowest BCUT2D eigenvalue weighted by Crippen LogP contribution is -2.36. The van der Waals surface area contributed by atoms with Crippen molar-refractivity contribution < 1.29 is 0 Å². The first kappa shape index (κ1) is 14.8. The summed E-state index contributed by atoms with van der Waals surface area (Å²) in [6, 6.07) is 5.21. The molecule has 3 rings (SSSR count). The van der Waals surface area contributed by atoms with Crippen LogP contribution in [0.15, 0.2) is 18.3 Å². The van der Waals surface area contributed by atoms with Crippen LogP contribution in [0.3, 0.4) is 0 Å². The van der Waals surface area contributed by atoms with Gasteiger partial charge in [0.15, 0.2) is 0 Å². The highest BCUT2D eigenvalue weighted by molar-refractivity contribution is 5.42. The topological polar surface area (TPSA) is 28.2 Å². The van der Waals surface area contributed by atoms with Crippen LogP contribution in [-0.4, -0.2) is 23.1 Å². The second-order valence-electron chi connectivity index (χ2n) is 7.72. The van der Waals surface area contributed by atoms with Gasteiger partial charge in [-0.2, -0.15) is 0 Å². The summed E-state index contributed by atoms with van der Waals surface area (Å²) < 4.78 is 0. The predicted molar refractivity (Wildman–Crippen MR) is 88.5 cm³/mol. The molecule has 2 aliphatic rings. The smallest absolute Gasteiger partial charge is 0.128 e. The molecule has 116 valence electrons. The van der Waals surface area contributed by atoms with Gasteiger partial charge in [0, 0.05) is 30.9 Å². The van der Waals surface area contributed by atoms with Crippen molar-refractivity contribution in [3.8, 4) is 0 Å². The monoisotopic (exact) mass is 287 g/mol. The standard InChI is InChI=1S/C18H29N3/c1-18(2,3)20-13-14-8-9-17(19-12-14)21-11-10-15-6-4-5-7-16(15)21/h8-9,12,15-16,20H,4-7,10-11,13H2,1-3H3. The van der Waals surface area contributed by atoms with Gasteiger partial charge >= 0.3 is 0 Å². The van der Waals surface area contributed by atoms with E-state index in [-0.39, 0.29) is 5.54 Å². The molecule has 1 aromatic rings. The molecule has 2 fully saturated rings. The van der Waals surface area contributed by atoms with Gasteiger partial charge in [-0.3, -0.25) is 0 Å². The maximum Gasteiger partial charge on any atom is 0.128 e. The van der Waals surface area contributed by atoms with Gasteiger partial charge < -0.3 is 10.2 Å². The lowest BCUT2D eigenvalue weighted by atomic mass is 9.85. The molecular formula is C18H29N3. The first-order chi connectivity index (χ1) is 10.0. The molecule has 1 N–H and O–H groups in total. The van der Waals surface area contributed by atoms with Crippen molar-refractivity contribution in [1.29, 1.82) is 0 Å². The summed E-state index contributed by atoms with van der Waals surface area (Å²) in [7, 11) is 0. The van der Waals surface area contributed by atoms with Crippen LogP contribution < -0.4 is 10.2 Å². The molecule has 1 saturated carbocycles. The van der Waals surface area contributed by atoms with Crippen LogP contribution >= 0.6 is 0 Å². The Morgan fingerprint density at radius 1 is 1.19 bits per heavy atom. The van der Waals surface area contributed by atoms with Gasteiger partial charge in [0.05, 0.1) is 0 Å². The summed E-state index contributed by atoms with van der Waals surface area (Å²) in [4.78, 5) is 7.30. The molecule has 2 heterocycles. The van der Waals surface area contributed by atoms with Crippen LogP contribution in [0.25, 0.3) is 0 Å². The normalized spacial score (nSPS) is 26.0. The Balaban J connectivity index is 1.64. The minimum atomic E-state index is 0.156. The van der Waals surface area contributed by atoms with Crippen LogP contribution in [0.2, 0.25) is 0 Å². The SMILES string of the molecule is CC(C)(C)NCc1ccc(N2CCC3CCCCC32)nc1. The van der Waals surface area contributed by atoms with Gasteiger partial charge in [-0.1, -0.05) is 18.9 Å². The Bertz CT molecular complexity index is 460. The summed E-state index contributed by atoms with van der Waals surface area (Å²) in [5.41, 5.74) is 1.43. The highest BCUT2D eigenvalue weighted by Crippen LogP contribution is 2.38. The second kappa shape index (κ2) is 5.96. The summed E-state index contributed by atoms with van der Waals surface area (Å²) in [5, 5.41) is 3.52. The van der Waals surface area contributed by atoms with E-state index in [1.54, 1.807) is 0 Å². The van der Waals surface area contributed by atoms with Crippen LogP contribution in [0.4, 0.5) is 5.82 Å². The third-order valence-electron chi connectivity index (χ3n) is 4.94. The molecule has 1 aromatic heterocycles. The Hall–Kier alpha value is -1.09. The predicted octanol–water partition coefficient (Wildman–Crippen LogP) is 3.74. The van der Waals surface area contributed by atoms with Gasteiger partial charge in [0.2, 0.25) is 0 Å². The quantitative estimate of drug-likeness (QED) is 0.918. The second-order valence-corrected chi connectivity index (χ2v) is 7.72. The zero-order chi connectivity index (χ0) is 14.9. The van der Waals surface area contributed by atoms with Crippen molar-refractivity contribution in [3.05, 3.63) is 23.9 Å². The summed E-state index contributed by atoms with van der Waals surface area (Å²) in [6.07, 6.45) is 9.02. The number of hydrogen-bond donors (Lipinski definition) is 1. The van der Waals surface area contributed by atoms with E-state index in [2.05, 4.69) is 43.1 Å². The number of fused-ring (bicyclic) bond motifs is 1. The van der Waals surface area contributed by atoms with E-state index in [1.807, 2.05) is 6.20 Å². The fourth-order valence-electron chi connectivity index (χ4n) is 3.75. The molecule has 2 unspecified atom stereocenters. The molecule has 21 heavy (non-hydrogen) atoms.